The van der Waals surface area contributed by atoms with E-state index in [0.717, 1.165) is 29.7 Å². The maximum Gasteiger partial charge on any atom is 0.272 e. The second-order valence-electron chi connectivity index (χ2n) is 11.5. The summed E-state index contributed by atoms with van der Waals surface area (Å²) < 4.78 is 1.77. The van der Waals surface area contributed by atoms with Gasteiger partial charge in [-0.3, -0.25) is 23.9 Å². The lowest BCUT2D eigenvalue weighted by Crippen LogP contribution is -2.47. The molecule has 4 amide bonds. The summed E-state index contributed by atoms with van der Waals surface area (Å²) in [5.74, 6) is -0.211. The largest absolute Gasteiger partial charge is 0.349 e. The van der Waals surface area contributed by atoms with Gasteiger partial charge in [-0.1, -0.05) is 25.5 Å². The fourth-order valence-electron chi connectivity index (χ4n) is 5.43. The smallest absolute Gasteiger partial charge is 0.272 e. The third kappa shape index (κ3) is 8.16. The van der Waals surface area contributed by atoms with E-state index in [4.69, 9.17) is 0 Å². The van der Waals surface area contributed by atoms with Gasteiger partial charge in [-0.15, -0.1) is 0 Å². The highest BCUT2D eigenvalue weighted by atomic mass is 16.2. The molecular formula is C29H46N6O4. The van der Waals surface area contributed by atoms with Crippen LogP contribution in [-0.4, -0.2) is 93.9 Å². The summed E-state index contributed by atoms with van der Waals surface area (Å²) in [6, 6.07) is -0.0682. The summed E-state index contributed by atoms with van der Waals surface area (Å²) in [6.07, 6.45) is 5.87. The van der Waals surface area contributed by atoms with E-state index in [9.17, 15) is 19.2 Å². The standard InChI is InChI=1S/C29H46N6O4/c1-20(2)9-7-10-25(36)34-15-8-11-26(37)35(18-21(3)4)19-27(38)32(5)22-12-13-24-23(17-22)28(31-33(24)6)29(39)30-14-16-34/h9,21-22H,7-8,10-19H2,1-6H3,(H,30,39). The molecule has 0 aromatic carbocycles. The predicted octanol–water partition coefficient (Wildman–Crippen LogP) is 2.32. The summed E-state index contributed by atoms with van der Waals surface area (Å²) in [6.45, 7) is 9.69. The van der Waals surface area contributed by atoms with E-state index in [2.05, 4.69) is 10.4 Å². The Morgan fingerprint density at radius 1 is 1.10 bits per heavy atom. The second-order valence-corrected chi connectivity index (χ2v) is 11.5. The molecule has 1 aromatic rings. The van der Waals surface area contributed by atoms with Crippen LogP contribution in [0.1, 0.15) is 81.5 Å². The Bertz CT molecular complexity index is 1090. The van der Waals surface area contributed by atoms with Gasteiger partial charge in [-0.25, -0.2) is 0 Å². The molecule has 1 aliphatic heterocycles. The minimum absolute atomic E-state index is 0.000936. The van der Waals surface area contributed by atoms with Gasteiger partial charge in [0.05, 0.1) is 6.54 Å². The Balaban J connectivity index is 1.86. The molecule has 0 saturated heterocycles. The molecule has 2 heterocycles. The molecule has 1 unspecified atom stereocenters. The van der Waals surface area contributed by atoms with Gasteiger partial charge >= 0.3 is 0 Å². The van der Waals surface area contributed by atoms with E-state index in [0.29, 0.717) is 57.6 Å². The van der Waals surface area contributed by atoms with Crippen LogP contribution in [0.15, 0.2) is 11.6 Å². The van der Waals surface area contributed by atoms with Crippen LogP contribution in [0.5, 0.6) is 0 Å². The number of allylic oxidation sites excluding steroid dienone is 2. The number of nitrogens with one attached hydrogen (secondary N) is 1. The Morgan fingerprint density at radius 3 is 2.54 bits per heavy atom. The average Bonchev–Trinajstić information content (AvgIpc) is 3.21. The first-order chi connectivity index (χ1) is 18.5. The molecule has 0 saturated carbocycles. The molecule has 2 bridgehead atoms. The maximum atomic E-state index is 13.3. The molecule has 3 rings (SSSR count). The van der Waals surface area contributed by atoms with Gasteiger partial charge in [-0.05, 0) is 51.9 Å². The van der Waals surface area contributed by atoms with Gasteiger partial charge in [0.1, 0.15) is 0 Å². The highest BCUT2D eigenvalue weighted by Crippen LogP contribution is 2.27. The number of fused-ring (bicyclic) bond motifs is 1. The van der Waals surface area contributed by atoms with Crippen LogP contribution < -0.4 is 5.32 Å². The van der Waals surface area contributed by atoms with Crippen LogP contribution >= 0.6 is 0 Å². The van der Waals surface area contributed by atoms with E-state index >= 15 is 0 Å². The lowest BCUT2D eigenvalue weighted by atomic mass is 9.90. The zero-order chi connectivity index (χ0) is 28.7. The van der Waals surface area contributed by atoms with Gasteiger partial charge in [0.25, 0.3) is 5.91 Å². The number of likely N-dealkylation sites (N-methyl/N-ethyl adjacent to an activating group) is 1. The number of nitrogens with zero attached hydrogens (tertiary/aromatic N) is 5. The Labute approximate surface area is 232 Å². The zero-order valence-electron chi connectivity index (χ0n) is 24.6. The Kier molecular flexibility index (Phi) is 10.7. The Morgan fingerprint density at radius 2 is 1.85 bits per heavy atom. The average molecular weight is 543 g/mol. The normalized spacial score (nSPS) is 19.7. The monoisotopic (exact) mass is 542 g/mol. The van der Waals surface area contributed by atoms with Crippen LogP contribution in [0.3, 0.4) is 0 Å². The highest BCUT2D eigenvalue weighted by molar-refractivity contribution is 5.94. The van der Waals surface area contributed by atoms with Crippen molar-refractivity contribution < 1.29 is 19.2 Å². The quantitative estimate of drug-likeness (QED) is 0.575. The van der Waals surface area contributed by atoms with Crippen LogP contribution in [0.4, 0.5) is 0 Å². The number of aryl methyl sites for hydroxylation is 1. The lowest BCUT2D eigenvalue weighted by molar-refractivity contribution is -0.141. The fourth-order valence-corrected chi connectivity index (χ4v) is 5.43. The number of amides is 4. The van der Waals surface area contributed by atoms with E-state index in [1.807, 2.05) is 40.8 Å². The number of hydrogen-bond acceptors (Lipinski definition) is 5. The van der Waals surface area contributed by atoms with Gasteiger partial charge in [0.15, 0.2) is 5.69 Å². The molecule has 1 N–H and O–H groups in total. The maximum absolute atomic E-state index is 13.3. The van der Waals surface area contributed by atoms with Crippen molar-refractivity contribution in [2.24, 2.45) is 13.0 Å². The fraction of sp³-hybridized carbons (Fsp3) is 0.690. The van der Waals surface area contributed by atoms with E-state index in [1.165, 1.54) is 0 Å². The molecule has 2 aliphatic rings. The van der Waals surface area contributed by atoms with Crippen molar-refractivity contribution >= 4 is 23.6 Å². The third-order valence-electron chi connectivity index (χ3n) is 7.60. The summed E-state index contributed by atoms with van der Waals surface area (Å²) in [5, 5.41) is 7.47. The van der Waals surface area contributed by atoms with Gasteiger partial charge in [0, 0.05) is 70.4 Å². The number of hydrogen-bond donors (Lipinski definition) is 1. The summed E-state index contributed by atoms with van der Waals surface area (Å²) >= 11 is 0. The molecule has 10 nitrogen and oxygen atoms in total. The van der Waals surface area contributed by atoms with Crippen LogP contribution in [0, 0.1) is 5.92 Å². The van der Waals surface area contributed by atoms with Crippen molar-refractivity contribution in [3.63, 3.8) is 0 Å². The van der Waals surface area contributed by atoms with Crippen molar-refractivity contribution in [3.05, 3.63) is 28.6 Å². The summed E-state index contributed by atoms with van der Waals surface area (Å²) in [4.78, 5) is 57.9. The minimum Gasteiger partial charge on any atom is -0.349 e. The lowest BCUT2D eigenvalue weighted by Gasteiger charge is -2.34. The molecule has 10 heteroatoms. The predicted molar refractivity (Wildman–Crippen MR) is 150 cm³/mol. The van der Waals surface area contributed by atoms with Crippen LogP contribution in [0.2, 0.25) is 0 Å². The van der Waals surface area contributed by atoms with Crippen LogP contribution in [-0.2, 0) is 34.3 Å². The number of aromatic nitrogens is 2. The molecule has 1 aromatic heterocycles. The van der Waals surface area contributed by atoms with Crippen molar-refractivity contribution in [2.75, 3.05) is 39.8 Å². The van der Waals surface area contributed by atoms with Crippen LogP contribution in [0.25, 0.3) is 0 Å². The first-order valence-electron chi connectivity index (χ1n) is 14.2. The molecule has 39 heavy (non-hydrogen) atoms. The molecule has 0 radical (unpaired) electrons. The van der Waals surface area contributed by atoms with E-state index in [-0.39, 0.29) is 48.6 Å². The first kappa shape index (κ1) is 30.4. The van der Waals surface area contributed by atoms with E-state index < -0.39 is 0 Å². The molecule has 0 fully saturated rings. The second kappa shape index (κ2) is 13.8. The first-order valence-corrected chi connectivity index (χ1v) is 14.2. The third-order valence-corrected chi connectivity index (χ3v) is 7.60. The molecular weight excluding hydrogens is 496 g/mol. The van der Waals surface area contributed by atoms with Gasteiger partial charge < -0.3 is 20.0 Å². The number of carbonyl (C=O) groups is 4. The topological polar surface area (TPSA) is 108 Å². The molecule has 1 aliphatic carbocycles. The summed E-state index contributed by atoms with van der Waals surface area (Å²) in [7, 11) is 3.64. The zero-order valence-corrected chi connectivity index (χ0v) is 24.6. The highest BCUT2D eigenvalue weighted by Gasteiger charge is 2.32. The van der Waals surface area contributed by atoms with Crippen molar-refractivity contribution in [3.8, 4) is 0 Å². The Hall–Kier alpha value is -3.17. The number of carbonyl (C=O) groups excluding carboxylic acids is 4. The van der Waals surface area contributed by atoms with E-state index in [1.54, 1.807) is 26.4 Å². The minimum atomic E-state index is -0.263. The van der Waals surface area contributed by atoms with Crippen molar-refractivity contribution in [2.45, 2.75) is 78.7 Å². The number of rotatable bonds is 5. The SMILES string of the molecule is CC(C)=CCCC(=O)N1CCCC(=O)N(CC(C)C)CC(=O)N(C)C2CCc3c(c(nn3C)C(=O)NCC1)C2. The van der Waals surface area contributed by atoms with Gasteiger partial charge in [-0.2, -0.15) is 5.10 Å². The van der Waals surface area contributed by atoms with Gasteiger partial charge in [0.2, 0.25) is 17.7 Å². The van der Waals surface area contributed by atoms with Crippen molar-refractivity contribution in [1.29, 1.82) is 0 Å². The molecule has 0 spiro atoms. The summed E-state index contributed by atoms with van der Waals surface area (Å²) in [5.41, 5.74) is 3.44. The molecule has 216 valence electrons. The van der Waals surface area contributed by atoms with Crippen molar-refractivity contribution in [1.82, 2.24) is 29.8 Å². The molecule has 1 atom stereocenters.